The zero-order valence-electron chi connectivity index (χ0n) is 16.2. The van der Waals surface area contributed by atoms with Gasteiger partial charge in [-0.15, -0.1) is 0 Å². The number of ether oxygens (including phenoxy) is 1. The first kappa shape index (κ1) is 22.7. The summed E-state index contributed by atoms with van der Waals surface area (Å²) < 4.78 is 12.0. The Morgan fingerprint density at radius 3 is 2.62 bits per heavy atom. The summed E-state index contributed by atoms with van der Waals surface area (Å²) in [5.41, 5.74) is 4.51. The van der Waals surface area contributed by atoms with Gasteiger partial charge in [-0.05, 0) is 57.9 Å². The third-order valence-corrected chi connectivity index (χ3v) is 5.89. The standard InChI is InChI=1S/C23H14BrCl3N2O3/c24-17-7-13(8-19(27)22(17)31-12-15-5-6-16(25)10-18(15)26)11-28-29-23(30)21-9-14-3-1-2-4-20(14)32-21/h1-11H,12H2,(H,29,30)/b28-11+. The number of hydrazone groups is 1. The van der Waals surface area contributed by atoms with E-state index in [1.807, 2.05) is 18.2 Å². The SMILES string of the molecule is O=C(N/N=C/c1cc(Cl)c(OCc2ccc(Cl)cc2Cl)c(Br)c1)c1cc2ccccc2o1. The molecule has 0 aliphatic heterocycles. The number of furan rings is 1. The molecule has 1 heterocycles. The number of rotatable bonds is 6. The van der Waals surface area contributed by atoms with Crippen LogP contribution < -0.4 is 10.2 Å². The van der Waals surface area contributed by atoms with Gasteiger partial charge in [-0.3, -0.25) is 4.79 Å². The normalized spacial score (nSPS) is 11.2. The molecule has 5 nitrogen and oxygen atoms in total. The quantitative estimate of drug-likeness (QED) is 0.199. The van der Waals surface area contributed by atoms with Crippen LogP contribution in [0, 0.1) is 0 Å². The van der Waals surface area contributed by atoms with Gasteiger partial charge in [0.15, 0.2) is 11.5 Å². The summed E-state index contributed by atoms with van der Waals surface area (Å²) >= 11 is 21.9. The van der Waals surface area contributed by atoms with Crippen molar-refractivity contribution >= 4 is 73.8 Å². The Bertz CT molecular complexity index is 1280. The van der Waals surface area contributed by atoms with Gasteiger partial charge in [-0.1, -0.05) is 59.1 Å². The molecule has 1 N–H and O–H groups in total. The number of nitrogens with zero attached hydrogens (tertiary/aromatic N) is 1. The van der Waals surface area contributed by atoms with Crippen LogP contribution in [-0.4, -0.2) is 12.1 Å². The van der Waals surface area contributed by atoms with Crippen molar-refractivity contribution in [2.24, 2.45) is 5.10 Å². The van der Waals surface area contributed by atoms with Gasteiger partial charge < -0.3 is 9.15 Å². The largest absolute Gasteiger partial charge is 0.486 e. The zero-order chi connectivity index (χ0) is 22.7. The topological polar surface area (TPSA) is 63.8 Å². The van der Waals surface area contributed by atoms with E-state index in [0.29, 0.717) is 36.4 Å². The molecule has 0 aliphatic carbocycles. The Morgan fingerprint density at radius 1 is 1.06 bits per heavy atom. The number of amides is 1. The summed E-state index contributed by atoms with van der Waals surface area (Å²) in [4.78, 5) is 12.3. The van der Waals surface area contributed by atoms with Crippen molar-refractivity contribution in [2.45, 2.75) is 6.61 Å². The molecule has 0 saturated heterocycles. The van der Waals surface area contributed by atoms with Crippen LogP contribution in [0.1, 0.15) is 21.7 Å². The molecule has 0 spiro atoms. The molecule has 0 bridgehead atoms. The molecule has 1 aromatic heterocycles. The van der Waals surface area contributed by atoms with Crippen molar-refractivity contribution in [1.29, 1.82) is 0 Å². The van der Waals surface area contributed by atoms with E-state index in [1.54, 1.807) is 42.5 Å². The number of nitrogens with one attached hydrogen (secondary N) is 1. The van der Waals surface area contributed by atoms with Crippen molar-refractivity contribution in [3.8, 4) is 5.75 Å². The molecule has 0 radical (unpaired) electrons. The molecule has 0 aliphatic rings. The molecule has 0 atom stereocenters. The molecule has 0 saturated carbocycles. The number of halogens is 4. The molecule has 4 aromatic rings. The van der Waals surface area contributed by atoms with E-state index in [1.165, 1.54) is 6.21 Å². The lowest BCUT2D eigenvalue weighted by atomic mass is 10.2. The lowest BCUT2D eigenvalue weighted by Gasteiger charge is -2.12. The first-order valence-corrected chi connectivity index (χ1v) is 11.2. The molecule has 3 aromatic carbocycles. The van der Waals surface area contributed by atoms with E-state index in [9.17, 15) is 4.79 Å². The molecule has 9 heteroatoms. The fraction of sp³-hybridized carbons (Fsp3) is 0.0435. The van der Waals surface area contributed by atoms with Gasteiger partial charge in [-0.25, -0.2) is 5.43 Å². The van der Waals surface area contributed by atoms with Gasteiger partial charge in [0.1, 0.15) is 12.2 Å². The third-order valence-electron chi connectivity index (χ3n) is 4.44. The van der Waals surface area contributed by atoms with Crippen molar-refractivity contribution in [3.05, 3.63) is 97.1 Å². The smallest absolute Gasteiger partial charge is 0.307 e. The number of hydrogen-bond acceptors (Lipinski definition) is 4. The van der Waals surface area contributed by atoms with E-state index in [2.05, 4.69) is 26.5 Å². The summed E-state index contributed by atoms with van der Waals surface area (Å²) in [5.74, 6) is 0.177. The van der Waals surface area contributed by atoms with Gasteiger partial charge in [0.05, 0.1) is 15.7 Å². The van der Waals surface area contributed by atoms with Crippen LogP contribution in [0.4, 0.5) is 0 Å². The minimum atomic E-state index is -0.456. The van der Waals surface area contributed by atoms with E-state index in [4.69, 9.17) is 44.0 Å². The van der Waals surface area contributed by atoms with Crippen molar-refractivity contribution in [3.63, 3.8) is 0 Å². The lowest BCUT2D eigenvalue weighted by Crippen LogP contribution is -2.16. The predicted molar refractivity (Wildman–Crippen MR) is 131 cm³/mol. The van der Waals surface area contributed by atoms with Gasteiger partial charge in [0, 0.05) is 21.0 Å². The Balaban J connectivity index is 1.41. The van der Waals surface area contributed by atoms with Gasteiger partial charge in [0.25, 0.3) is 0 Å². The summed E-state index contributed by atoms with van der Waals surface area (Å²) in [5, 5.41) is 6.25. The third kappa shape index (κ3) is 5.27. The van der Waals surface area contributed by atoms with E-state index in [0.717, 1.165) is 10.9 Å². The highest BCUT2D eigenvalue weighted by atomic mass is 79.9. The van der Waals surface area contributed by atoms with Crippen LogP contribution in [0.5, 0.6) is 5.75 Å². The van der Waals surface area contributed by atoms with E-state index in [-0.39, 0.29) is 12.4 Å². The highest BCUT2D eigenvalue weighted by Crippen LogP contribution is 2.35. The number of fused-ring (bicyclic) bond motifs is 1. The second-order valence-corrected chi connectivity index (χ2v) is 8.79. The molecular weight excluding hydrogens is 539 g/mol. The van der Waals surface area contributed by atoms with Gasteiger partial charge >= 0.3 is 5.91 Å². The maximum atomic E-state index is 12.3. The summed E-state index contributed by atoms with van der Waals surface area (Å²) in [6, 6.07) is 17.6. The number of para-hydroxylation sites is 1. The second kappa shape index (κ2) is 9.96. The fourth-order valence-corrected chi connectivity index (χ4v) is 4.35. The van der Waals surface area contributed by atoms with Gasteiger partial charge in [0.2, 0.25) is 0 Å². The van der Waals surface area contributed by atoms with Crippen molar-refractivity contribution in [1.82, 2.24) is 5.43 Å². The molecule has 4 rings (SSSR count). The average molecular weight is 553 g/mol. The van der Waals surface area contributed by atoms with Crippen LogP contribution in [0.3, 0.4) is 0 Å². The summed E-state index contributed by atoms with van der Waals surface area (Å²) in [7, 11) is 0. The highest BCUT2D eigenvalue weighted by Gasteiger charge is 2.12. The zero-order valence-corrected chi connectivity index (χ0v) is 20.1. The van der Waals surface area contributed by atoms with Crippen LogP contribution in [0.25, 0.3) is 11.0 Å². The Kier molecular flexibility index (Phi) is 7.06. The Morgan fingerprint density at radius 2 is 1.88 bits per heavy atom. The highest BCUT2D eigenvalue weighted by molar-refractivity contribution is 9.10. The van der Waals surface area contributed by atoms with Crippen molar-refractivity contribution < 1.29 is 13.9 Å². The maximum absolute atomic E-state index is 12.3. The average Bonchev–Trinajstić information content (AvgIpc) is 3.19. The second-order valence-electron chi connectivity index (χ2n) is 6.69. The molecular formula is C23H14BrCl3N2O3. The molecule has 0 fully saturated rings. The number of carbonyl (C=O) groups excluding carboxylic acids is 1. The van der Waals surface area contributed by atoms with Crippen LogP contribution >= 0.6 is 50.7 Å². The Labute approximate surface area is 207 Å². The molecule has 0 unspecified atom stereocenters. The Hall–Kier alpha value is -2.51. The number of carbonyl (C=O) groups is 1. The van der Waals surface area contributed by atoms with Crippen LogP contribution in [-0.2, 0) is 6.61 Å². The maximum Gasteiger partial charge on any atom is 0.307 e. The van der Waals surface area contributed by atoms with E-state index < -0.39 is 5.91 Å². The first-order valence-electron chi connectivity index (χ1n) is 9.28. The molecule has 162 valence electrons. The monoisotopic (exact) mass is 550 g/mol. The lowest BCUT2D eigenvalue weighted by molar-refractivity contribution is 0.0929. The summed E-state index contributed by atoms with van der Waals surface area (Å²) in [6.07, 6.45) is 1.47. The molecule has 1 amide bonds. The first-order chi connectivity index (χ1) is 15.4. The van der Waals surface area contributed by atoms with E-state index >= 15 is 0 Å². The number of benzene rings is 3. The minimum absolute atomic E-state index is 0.173. The minimum Gasteiger partial charge on any atom is -0.486 e. The predicted octanol–water partition coefficient (Wildman–Crippen LogP) is 7.50. The molecule has 32 heavy (non-hydrogen) atoms. The number of hydrogen-bond donors (Lipinski definition) is 1. The van der Waals surface area contributed by atoms with Crippen molar-refractivity contribution in [2.75, 3.05) is 0 Å². The summed E-state index contributed by atoms with van der Waals surface area (Å²) in [6.45, 7) is 0.218. The van der Waals surface area contributed by atoms with Crippen LogP contribution in [0.15, 0.2) is 74.7 Å². The van der Waals surface area contributed by atoms with Crippen LogP contribution in [0.2, 0.25) is 15.1 Å². The van der Waals surface area contributed by atoms with Gasteiger partial charge in [-0.2, -0.15) is 5.10 Å². The fourth-order valence-electron chi connectivity index (χ4n) is 2.89.